The number of hydrogen-bond donors (Lipinski definition) is 1. The molecule has 0 aromatic heterocycles. The van der Waals surface area contributed by atoms with E-state index < -0.39 is 0 Å². The lowest BCUT2D eigenvalue weighted by atomic mass is 9.76. The summed E-state index contributed by atoms with van der Waals surface area (Å²) >= 11 is 0. The molecule has 114 valence electrons. The Bertz CT molecular complexity index is 230. The zero-order chi connectivity index (χ0) is 14.3. The van der Waals surface area contributed by atoms with Crippen molar-refractivity contribution in [2.24, 2.45) is 11.8 Å². The van der Waals surface area contributed by atoms with Gasteiger partial charge in [0.2, 0.25) is 0 Å². The van der Waals surface area contributed by atoms with E-state index >= 15 is 0 Å². The minimum Gasteiger partial charge on any atom is -0.383 e. The topological polar surface area (TPSA) is 33.7 Å². The van der Waals surface area contributed by atoms with E-state index in [-0.39, 0.29) is 0 Å². The molecule has 1 saturated carbocycles. The van der Waals surface area contributed by atoms with E-state index in [0.29, 0.717) is 12.1 Å². The maximum absolute atomic E-state index is 5.27. The fraction of sp³-hybridized carbons (Fsp3) is 1.00. The molecule has 0 aromatic rings. The molecule has 4 unspecified atom stereocenters. The first-order valence-corrected chi connectivity index (χ1v) is 7.53. The normalized spacial score (nSPS) is 31.9. The maximum Gasteiger partial charge on any atom is 0.0589 e. The van der Waals surface area contributed by atoms with Crippen LogP contribution in [0.3, 0.4) is 0 Å². The van der Waals surface area contributed by atoms with E-state index in [9.17, 15) is 0 Å². The van der Waals surface area contributed by atoms with Crippen LogP contribution in [0.4, 0.5) is 0 Å². The Morgan fingerprint density at radius 1 is 1.05 bits per heavy atom. The van der Waals surface area contributed by atoms with Crippen LogP contribution in [0.5, 0.6) is 0 Å². The highest BCUT2D eigenvalue weighted by Crippen LogP contribution is 2.32. The van der Waals surface area contributed by atoms with Gasteiger partial charge in [-0.15, -0.1) is 0 Å². The molecule has 0 heterocycles. The highest BCUT2D eigenvalue weighted by molar-refractivity contribution is 4.93. The molecule has 4 nitrogen and oxygen atoms in total. The third kappa shape index (κ3) is 5.03. The number of likely N-dealkylation sites (N-methyl/N-ethyl adjacent to an activating group) is 1. The van der Waals surface area contributed by atoms with Gasteiger partial charge in [0, 0.05) is 39.4 Å². The van der Waals surface area contributed by atoms with Gasteiger partial charge in [-0.3, -0.25) is 4.90 Å². The van der Waals surface area contributed by atoms with Crippen molar-refractivity contribution in [1.82, 2.24) is 10.2 Å². The molecule has 1 aliphatic rings. The molecule has 0 bridgehead atoms. The van der Waals surface area contributed by atoms with Crippen LogP contribution >= 0.6 is 0 Å². The Balaban J connectivity index is 2.71. The second-order valence-corrected chi connectivity index (χ2v) is 5.96. The van der Waals surface area contributed by atoms with Crippen molar-refractivity contribution in [3.05, 3.63) is 0 Å². The molecule has 0 aliphatic heterocycles. The van der Waals surface area contributed by atoms with E-state index in [1.54, 1.807) is 14.2 Å². The van der Waals surface area contributed by atoms with Crippen LogP contribution in [-0.2, 0) is 9.47 Å². The molecule has 4 atom stereocenters. The predicted molar refractivity (Wildman–Crippen MR) is 79.5 cm³/mol. The van der Waals surface area contributed by atoms with Crippen LogP contribution in [0.25, 0.3) is 0 Å². The molecule has 1 aliphatic carbocycles. The first-order valence-electron chi connectivity index (χ1n) is 7.53. The zero-order valence-electron chi connectivity index (χ0n) is 13.3. The van der Waals surface area contributed by atoms with Gasteiger partial charge in [-0.1, -0.05) is 13.8 Å². The van der Waals surface area contributed by atoms with Crippen molar-refractivity contribution in [3.63, 3.8) is 0 Å². The van der Waals surface area contributed by atoms with Gasteiger partial charge >= 0.3 is 0 Å². The van der Waals surface area contributed by atoms with Crippen LogP contribution in [-0.4, -0.2) is 64.6 Å². The highest BCUT2D eigenvalue weighted by atomic mass is 16.5. The molecule has 4 heteroatoms. The molecule has 1 fully saturated rings. The number of methoxy groups -OCH3 is 2. The van der Waals surface area contributed by atoms with Crippen LogP contribution in [0.1, 0.15) is 26.7 Å². The lowest BCUT2D eigenvalue weighted by Gasteiger charge is -2.45. The van der Waals surface area contributed by atoms with E-state index in [1.165, 1.54) is 12.8 Å². The highest BCUT2D eigenvalue weighted by Gasteiger charge is 2.36. The van der Waals surface area contributed by atoms with Crippen molar-refractivity contribution >= 4 is 0 Å². The Hall–Kier alpha value is -0.160. The quantitative estimate of drug-likeness (QED) is 0.728. The molecule has 0 saturated heterocycles. The summed E-state index contributed by atoms with van der Waals surface area (Å²) in [6.07, 6.45) is 2.58. The van der Waals surface area contributed by atoms with Gasteiger partial charge in [-0.05, 0) is 31.7 Å². The summed E-state index contributed by atoms with van der Waals surface area (Å²) in [5.41, 5.74) is 0. The average molecular weight is 272 g/mol. The second-order valence-electron chi connectivity index (χ2n) is 5.96. The summed E-state index contributed by atoms with van der Waals surface area (Å²) in [6, 6.07) is 1.17. The largest absolute Gasteiger partial charge is 0.383 e. The molecule has 0 aromatic carbocycles. The Morgan fingerprint density at radius 2 is 1.63 bits per heavy atom. The van der Waals surface area contributed by atoms with Gasteiger partial charge in [0.1, 0.15) is 0 Å². The number of nitrogens with one attached hydrogen (secondary N) is 1. The SMILES string of the molecule is CNC1CC(C)CC(C)C1N(CCOC)CCOC. The van der Waals surface area contributed by atoms with Gasteiger partial charge < -0.3 is 14.8 Å². The van der Waals surface area contributed by atoms with Crippen molar-refractivity contribution in [1.29, 1.82) is 0 Å². The standard InChI is InChI=1S/C15H32N2O2/c1-12-10-13(2)15(14(11-12)16-3)17(6-8-18-4)7-9-19-5/h12-16H,6-11H2,1-5H3. The molecular formula is C15H32N2O2. The lowest BCUT2D eigenvalue weighted by Crippen LogP contribution is -2.57. The molecular weight excluding hydrogens is 240 g/mol. The first-order chi connectivity index (χ1) is 9.13. The minimum atomic E-state index is 0.576. The summed E-state index contributed by atoms with van der Waals surface area (Å²) < 4.78 is 10.5. The zero-order valence-corrected chi connectivity index (χ0v) is 13.3. The van der Waals surface area contributed by atoms with Gasteiger partial charge in [0.15, 0.2) is 0 Å². The minimum absolute atomic E-state index is 0.576. The molecule has 0 spiro atoms. The second kappa shape index (κ2) is 8.90. The Labute approximate surface area is 118 Å². The van der Waals surface area contributed by atoms with E-state index in [4.69, 9.17) is 9.47 Å². The maximum atomic E-state index is 5.27. The number of ether oxygens (including phenoxy) is 2. The van der Waals surface area contributed by atoms with Gasteiger partial charge in [0.25, 0.3) is 0 Å². The number of nitrogens with zero attached hydrogens (tertiary/aromatic N) is 1. The molecule has 19 heavy (non-hydrogen) atoms. The molecule has 0 radical (unpaired) electrons. The van der Waals surface area contributed by atoms with Crippen LogP contribution in [0, 0.1) is 11.8 Å². The summed E-state index contributed by atoms with van der Waals surface area (Å²) in [5.74, 6) is 1.53. The number of rotatable bonds is 8. The Morgan fingerprint density at radius 3 is 2.11 bits per heavy atom. The van der Waals surface area contributed by atoms with Gasteiger partial charge in [0.05, 0.1) is 13.2 Å². The van der Waals surface area contributed by atoms with Crippen molar-refractivity contribution in [3.8, 4) is 0 Å². The molecule has 0 amide bonds. The third-order valence-electron chi connectivity index (χ3n) is 4.38. The average Bonchev–Trinajstić information content (AvgIpc) is 2.39. The smallest absolute Gasteiger partial charge is 0.0589 e. The van der Waals surface area contributed by atoms with Crippen molar-refractivity contribution in [2.75, 3.05) is 47.6 Å². The van der Waals surface area contributed by atoms with E-state index in [1.807, 2.05) is 0 Å². The van der Waals surface area contributed by atoms with Crippen LogP contribution in [0.15, 0.2) is 0 Å². The summed E-state index contributed by atoms with van der Waals surface area (Å²) in [7, 11) is 5.64. The lowest BCUT2D eigenvalue weighted by molar-refractivity contribution is 0.0270. The van der Waals surface area contributed by atoms with Gasteiger partial charge in [-0.25, -0.2) is 0 Å². The fourth-order valence-electron chi connectivity index (χ4n) is 3.57. The van der Waals surface area contributed by atoms with Crippen molar-refractivity contribution < 1.29 is 9.47 Å². The fourth-order valence-corrected chi connectivity index (χ4v) is 3.57. The summed E-state index contributed by atoms with van der Waals surface area (Å²) in [6.45, 7) is 8.31. The van der Waals surface area contributed by atoms with E-state index in [2.05, 4.69) is 31.1 Å². The first kappa shape index (κ1) is 16.9. The van der Waals surface area contributed by atoms with E-state index in [0.717, 1.165) is 38.1 Å². The molecule has 1 N–H and O–H groups in total. The van der Waals surface area contributed by atoms with Crippen LogP contribution in [0.2, 0.25) is 0 Å². The monoisotopic (exact) mass is 272 g/mol. The Kier molecular flexibility index (Phi) is 7.91. The summed E-state index contributed by atoms with van der Waals surface area (Å²) in [4.78, 5) is 2.55. The van der Waals surface area contributed by atoms with Crippen molar-refractivity contribution in [2.45, 2.75) is 38.8 Å². The van der Waals surface area contributed by atoms with Crippen LogP contribution < -0.4 is 5.32 Å². The van der Waals surface area contributed by atoms with Gasteiger partial charge in [-0.2, -0.15) is 0 Å². The third-order valence-corrected chi connectivity index (χ3v) is 4.38. The number of hydrogen-bond acceptors (Lipinski definition) is 4. The molecule has 1 rings (SSSR count). The predicted octanol–water partition coefficient (Wildman–Crippen LogP) is 1.60. The summed E-state index contributed by atoms with van der Waals surface area (Å²) in [5, 5.41) is 3.52.